The molecule has 20 heavy (non-hydrogen) atoms. The van der Waals surface area contributed by atoms with Gasteiger partial charge in [-0.15, -0.1) is 0 Å². The first kappa shape index (κ1) is 14.3. The highest BCUT2D eigenvalue weighted by atomic mass is 19.1. The number of halogens is 1. The molecule has 3 N–H and O–H groups in total. The highest BCUT2D eigenvalue weighted by Gasteiger charge is 2.38. The second-order valence-electron chi connectivity index (χ2n) is 4.63. The predicted octanol–water partition coefficient (Wildman–Crippen LogP) is 0.603. The summed E-state index contributed by atoms with van der Waals surface area (Å²) >= 11 is 0. The molecule has 1 aliphatic rings. The minimum Gasteiger partial charge on any atom is -0.480 e. The number of carbonyl (C=O) groups is 2. The summed E-state index contributed by atoms with van der Waals surface area (Å²) in [6.45, 7) is 0.305. The van der Waals surface area contributed by atoms with E-state index in [1.165, 1.54) is 24.1 Å². The topological polar surface area (TPSA) is 92.9 Å². The van der Waals surface area contributed by atoms with E-state index in [9.17, 15) is 19.1 Å². The smallest absolute Gasteiger partial charge is 0.326 e. The second kappa shape index (κ2) is 5.46. The van der Waals surface area contributed by atoms with Gasteiger partial charge in [-0.05, 0) is 18.2 Å². The van der Waals surface area contributed by atoms with E-state index >= 15 is 0 Å². The fourth-order valence-corrected chi connectivity index (χ4v) is 2.42. The van der Waals surface area contributed by atoms with Crippen LogP contribution in [0, 0.1) is 5.82 Å². The number of aliphatic carboxylic acids is 1. The Morgan fingerprint density at radius 1 is 1.50 bits per heavy atom. The Kier molecular flexibility index (Phi) is 3.89. The molecule has 7 heteroatoms. The number of carboxylic acids is 1. The molecule has 2 rings (SSSR count). The number of nitrogens with two attached hydrogens (primary N) is 1. The number of rotatable bonds is 4. The molecule has 1 fully saturated rings. The van der Waals surface area contributed by atoms with E-state index in [0.717, 1.165) is 6.07 Å². The average molecular weight is 282 g/mol. The van der Waals surface area contributed by atoms with Gasteiger partial charge in [0.05, 0.1) is 17.4 Å². The van der Waals surface area contributed by atoms with Gasteiger partial charge in [0.15, 0.2) is 0 Å². The largest absolute Gasteiger partial charge is 0.480 e. The van der Waals surface area contributed by atoms with Crippen LogP contribution in [-0.2, 0) is 9.53 Å². The van der Waals surface area contributed by atoms with Gasteiger partial charge in [0, 0.05) is 20.1 Å². The molecular formula is C13H15FN2O4. The van der Waals surface area contributed by atoms with Gasteiger partial charge in [0.2, 0.25) is 0 Å². The zero-order valence-corrected chi connectivity index (χ0v) is 10.9. The molecule has 0 saturated carbocycles. The number of ether oxygens (including phenoxy) is 1. The van der Waals surface area contributed by atoms with Crippen LogP contribution < -0.4 is 10.6 Å². The molecule has 0 bridgehead atoms. The lowest BCUT2D eigenvalue weighted by Crippen LogP contribution is -2.37. The molecule has 1 aromatic carbocycles. The van der Waals surface area contributed by atoms with Crippen molar-refractivity contribution in [2.75, 3.05) is 18.6 Å². The first-order valence-electron chi connectivity index (χ1n) is 6.05. The molecule has 1 aliphatic heterocycles. The fraction of sp³-hybridized carbons (Fsp3) is 0.385. The van der Waals surface area contributed by atoms with E-state index in [1.807, 2.05) is 0 Å². The number of anilines is 1. The number of carboxylic acid groups (broad SMARTS) is 1. The highest BCUT2D eigenvalue weighted by Crippen LogP contribution is 2.30. The van der Waals surface area contributed by atoms with Gasteiger partial charge in [0.1, 0.15) is 11.9 Å². The Labute approximate surface area is 114 Å². The molecule has 0 aromatic heterocycles. The van der Waals surface area contributed by atoms with Crippen LogP contribution in [0.5, 0.6) is 0 Å². The number of nitrogens with zero attached hydrogens (tertiary/aromatic N) is 1. The number of methoxy groups -OCH3 is 1. The summed E-state index contributed by atoms with van der Waals surface area (Å²) in [6.07, 6.45) is 0.0309. The van der Waals surface area contributed by atoms with Crippen molar-refractivity contribution in [3.63, 3.8) is 0 Å². The van der Waals surface area contributed by atoms with E-state index < -0.39 is 23.7 Å². The van der Waals surface area contributed by atoms with Crippen LogP contribution >= 0.6 is 0 Å². The quantitative estimate of drug-likeness (QED) is 0.843. The molecule has 1 heterocycles. The first-order valence-corrected chi connectivity index (χ1v) is 6.05. The van der Waals surface area contributed by atoms with E-state index in [1.54, 1.807) is 0 Å². The summed E-state index contributed by atoms with van der Waals surface area (Å²) in [5.74, 6) is -2.43. The SMILES string of the molecule is COC1CC(C(=O)O)N(c2ccc(F)cc2C(N)=O)C1. The molecule has 0 spiro atoms. The zero-order valence-electron chi connectivity index (χ0n) is 10.9. The van der Waals surface area contributed by atoms with E-state index in [-0.39, 0.29) is 11.7 Å². The van der Waals surface area contributed by atoms with E-state index in [0.29, 0.717) is 18.7 Å². The lowest BCUT2D eigenvalue weighted by Gasteiger charge is -2.25. The molecular weight excluding hydrogens is 267 g/mol. The van der Waals surface area contributed by atoms with Crippen LogP contribution in [0.3, 0.4) is 0 Å². The third-order valence-corrected chi connectivity index (χ3v) is 3.41. The summed E-state index contributed by atoms with van der Waals surface area (Å²) in [7, 11) is 1.49. The molecule has 2 unspecified atom stereocenters. The monoisotopic (exact) mass is 282 g/mol. The van der Waals surface area contributed by atoms with Crippen molar-refractivity contribution in [1.82, 2.24) is 0 Å². The molecule has 108 valence electrons. The summed E-state index contributed by atoms with van der Waals surface area (Å²) in [6, 6.07) is 2.71. The van der Waals surface area contributed by atoms with E-state index in [4.69, 9.17) is 10.5 Å². The number of primary amides is 1. The van der Waals surface area contributed by atoms with Gasteiger partial charge in [-0.3, -0.25) is 4.79 Å². The van der Waals surface area contributed by atoms with Crippen molar-refractivity contribution >= 4 is 17.6 Å². The summed E-state index contributed by atoms with van der Waals surface area (Å²) in [5, 5.41) is 9.25. The lowest BCUT2D eigenvalue weighted by atomic mass is 10.1. The Morgan fingerprint density at radius 3 is 2.75 bits per heavy atom. The lowest BCUT2D eigenvalue weighted by molar-refractivity contribution is -0.138. The number of hydrogen-bond donors (Lipinski definition) is 2. The van der Waals surface area contributed by atoms with Gasteiger partial charge in [-0.25, -0.2) is 9.18 Å². The fourth-order valence-electron chi connectivity index (χ4n) is 2.42. The summed E-state index contributed by atoms with van der Waals surface area (Å²) < 4.78 is 18.4. The van der Waals surface area contributed by atoms with Gasteiger partial charge in [-0.2, -0.15) is 0 Å². The number of carbonyl (C=O) groups excluding carboxylic acids is 1. The Bertz CT molecular complexity index is 549. The van der Waals surface area contributed by atoms with Crippen molar-refractivity contribution in [2.45, 2.75) is 18.6 Å². The summed E-state index contributed by atoms with van der Waals surface area (Å²) in [4.78, 5) is 24.2. The van der Waals surface area contributed by atoms with Crippen molar-refractivity contribution in [3.05, 3.63) is 29.6 Å². The molecule has 0 aliphatic carbocycles. The molecule has 6 nitrogen and oxygen atoms in total. The van der Waals surface area contributed by atoms with Crippen LogP contribution in [0.1, 0.15) is 16.8 Å². The zero-order chi connectivity index (χ0) is 14.9. The Hall–Kier alpha value is -2.15. The van der Waals surface area contributed by atoms with E-state index in [2.05, 4.69) is 0 Å². The molecule has 1 saturated heterocycles. The third kappa shape index (κ3) is 2.57. The standard InChI is InChI=1S/C13H15FN2O4/c1-20-8-5-11(13(18)19)16(6-8)10-3-2-7(14)4-9(10)12(15)17/h2-4,8,11H,5-6H2,1H3,(H2,15,17)(H,18,19). The van der Waals surface area contributed by atoms with Crippen LogP contribution in [0.15, 0.2) is 18.2 Å². The van der Waals surface area contributed by atoms with Crippen LogP contribution in [0.4, 0.5) is 10.1 Å². The normalized spacial score (nSPS) is 22.0. The number of amides is 1. The third-order valence-electron chi connectivity index (χ3n) is 3.41. The molecule has 0 radical (unpaired) electrons. The number of benzene rings is 1. The van der Waals surface area contributed by atoms with Crippen molar-refractivity contribution in [3.8, 4) is 0 Å². The maximum absolute atomic E-state index is 13.2. The maximum atomic E-state index is 13.2. The first-order chi connectivity index (χ1) is 9.43. The maximum Gasteiger partial charge on any atom is 0.326 e. The summed E-state index contributed by atoms with van der Waals surface area (Å²) in [5.41, 5.74) is 5.51. The van der Waals surface area contributed by atoms with Gasteiger partial charge in [0.25, 0.3) is 5.91 Å². The van der Waals surface area contributed by atoms with Gasteiger partial charge in [-0.1, -0.05) is 0 Å². The molecule has 2 atom stereocenters. The van der Waals surface area contributed by atoms with Crippen LogP contribution in [0.2, 0.25) is 0 Å². The second-order valence-corrected chi connectivity index (χ2v) is 4.63. The van der Waals surface area contributed by atoms with Crippen molar-refractivity contribution in [2.24, 2.45) is 5.73 Å². The average Bonchev–Trinajstić information content (AvgIpc) is 2.82. The Balaban J connectivity index is 2.43. The molecule has 1 amide bonds. The van der Waals surface area contributed by atoms with Gasteiger partial charge >= 0.3 is 5.97 Å². The van der Waals surface area contributed by atoms with Crippen molar-refractivity contribution in [1.29, 1.82) is 0 Å². The predicted molar refractivity (Wildman–Crippen MR) is 69.1 cm³/mol. The molecule has 1 aromatic rings. The Morgan fingerprint density at radius 2 is 2.20 bits per heavy atom. The highest BCUT2D eigenvalue weighted by molar-refractivity contribution is 5.99. The minimum absolute atomic E-state index is 0.0343. The van der Waals surface area contributed by atoms with Gasteiger partial charge < -0.3 is 20.5 Å². The van der Waals surface area contributed by atoms with Crippen LogP contribution in [0.25, 0.3) is 0 Å². The minimum atomic E-state index is -1.02. The number of hydrogen-bond acceptors (Lipinski definition) is 4. The van der Waals surface area contributed by atoms with Crippen LogP contribution in [-0.4, -0.2) is 42.8 Å². The van der Waals surface area contributed by atoms with Crippen molar-refractivity contribution < 1.29 is 23.8 Å².